The normalized spacial score (nSPS) is 11.7. The van der Waals surface area contributed by atoms with Crippen LogP contribution in [-0.4, -0.2) is 17.2 Å². The Hall–Kier alpha value is -2.49. The molecule has 2 rings (SSSR count). The molecule has 0 saturated heterocycles. The maximum atomic E-state index is 12.0. The average molecular weight is 272 g/mol. The van der Waals surface area contributed by atoms with Crippen LogP contribution in [0.5, 0.6) is 17.2 Å². The summed E-state index contributed by atoms with van der Waals surface area (Å²) in [7, 11) is 0. The molecule has 0 amide bonds. The van der Waals surface area contributed by atoms with Crippen LogP contribution < -0.4 is 9.47 Å². The highest BCUT2D eigenvalue weighted by molar-refractivity contribution is 5.77. The van der Waals surface area contributed by atoms with E-state index in [9.17, 15) is 9.90 Å². The molecule has 0 spiro atoms. The number of hydrogen-bond donors (Lipinski definition) is 1. The molecule has 0 bridgehead atoms. The number of aromatic hydroxyl groups is 1. The Labute approximate surface area is 117 Å². The van der Waals surface area contributed by atoms with E-state index in [1.165, 1.54) is 24.3 Å². The molecule has 0 fully saturated rings. The summed E-state index contributed by atoms with van der Waals surface area (Å²) in [5, 5.41) is 9.18. The van der Waals surface area contributed by atoms with E-state index in [1.54, 1.807) is 12.1 Å². The Morgan fingerprint density at radius 1 is 1.05 bits per heavy atom. The van der Waals surface area contributed by atoms with Gasteiger partial charge in [0.1, 0.15) is 17.2 Å². The van der Waals surface area contributed by atoms with Gasteiger partial charge in [-0.05, 0) is 42.8 Å². The zero-order chi connectivity index (χ0) is 14.4. The second kappa shape index (κ2) is 6.61. The smallest absolute Gasteiger partial charge is 0.352 e. The van der Waals surface area contributed by atoms with Crippen molar-refractivity contribution in [3.05, 3.63) is 54.6 Å². The number of esters is 1. The summed E-state index contributed by atoms with van der Waals surface area (Å²) in [6.45, 7) is 1.85. The number of rotatable bonds is 5. The van der Waals surface area contributed by atoms with E-state index >= 15 is 0 Å². The van der Waals surface area contributed by atoms with Crippen LogP contribution in [0.1, 0.15) is 13.3 Å². The molecule has 0 aliphatic rings. The van der Waals surface area contributed by atoms with Gasteiger partial charge in [0, 0.05) is 0 Å². The maximum Gasteiger partial charge on any atom is 0.352 e. The molecule has 104 valence electrons. The minimum absolute atomic E-state index is 0.123. The molecule has 1 atom stereocenters. The summed E-state index contributed by atoms with van der Waals surface area (Å²) in [5.74, 6) is 0.671. The van der Waals surface area contributed by atoms with E-state index in [-0.39, 0.29) is 5.75 Å². The Morgan fingerprint density at radius 2 is 1.70 bits per heavy atom. The van der Waals surface area contributed by atoms with Crippen molar-refractivity contribution in [2.75, 3.05) is 0 Å². The van der Waals surface area contributed by atoms with Crippen molar-refractivity contribution in [2.45, 2.75) is 19.4 Å². The highest BCUT2D eigenvalue weighted by atomic mass is 16.6. The number of hydrogen-bond acceptors (Lipinski definition) is 4. The van der Waals surface area contributed by atoms with Gasteiger partial charge in [0.05, 0.1) is 0 Å². The molecule has 0 saturated carbocycles. The lowest BCUT2D eigenvalue weighted by atomic mass is 10.2. The standard InChI is InChI=1S/C16H16O4/c1-2-15(19-13-6-4-3-5-7-13)16(18)20-14-10-8-12(17)9-11-14/h3-11,15,17H,2H2,1H3. The second-order valence-corrected chi connectivity index (χ2v) is 4.24. The van der Waals surface area contributed by atoms with Gasteiger partial charge >= 0.3 is 5.97 Å². The van der Waals surface area contributed by atoms with Crippen molar-refractivity contribution in [3.63, 3.8) is 0 Å². The first kappa shape index (κ1) is 13.9. The molecule has 0 heterocycles. The zero-order valence-electron chi connectivity index (χ0n) is 11.2. The average Bonchev–Trinajstić information content (AvgIpc) is 2.48. The van der Waals surface area contributed by atoms with E-state index < -0.39 is 12.1 Å². The van der Waals surface area contributed by atoms with Crippen molar-refractivity contribution in [1.29, 1.82) is 0 Å². The Kier molecular flexibility index (Phi) is 4.60. The molecular formula is C16H16O4. The van der Waals surface area contributed by atoms with Crippen LogP contribution in [0.4, 0.5) is 0 Å². The van der Waals surface area contributed by atoms with Gasteiger partial charge in [0.25, 0.3) is 0 Å². The zero-order valence-corrected chi connectivity index (χ0v) is 11.2. The third-order valence-corrected chi connectivity index (χ3v) is 2.71. The third-order valence-electron chi connectivity index (χ3n) is 2.71. The van der Waals surface area contributed by atoms with Crippen molar-refractivity contribution in [3.8, 4) is 17.2 Å². The number of carbonyl (C=O) groups is 1. The van der Waals surface area contributed by atoms with Crippen molar-refractivity contribution in [2.24, 2.45) is 0 Å². The number of carbonyl (C=O) groups excluding carboxylic acids is 1. The molecule has 0 aliphatic carbocycles. The lowest BCUT2D eigenvalue weighted by Crippen LogP contribution is -2.30. The molecule has 2 aromatic carbocycles. The van der Waals surface area contributed by atoms with E-state index in [1.807, 2.05) is 25.1 Å². The number of phenolic OH excluding ortho intramolecular Hbond substituents is 1. The van der Waals surface area contributed by atoms with Gasteiger partial charge in [-0.2, -0.15) is 0 Å². The monoisotopic (exact) mass is 272 g/mol. The van der Waals surface area contributed by atoms with Crippen LogP contribution >= 0.6 is 0 Å². The summed E-state index contributed by atoms with van der Waals surface area (Å²) < 4.78 is 10.8. The fourth-order valence-corrected chi connectivity index (χ4v) is 1.66. The highest BCUT2D eigenvalue weighted by Crippen LogP contribution is 2.18. The van der Waals surface area contributed by atoms with Gasteiger partial charge in [-0.15, -0.1) is 0 Å². The Bertz CT molecular complexity index is 548. The largest absolute Gasteiger partial charge is 0.508 e. The molecule has 0 radical (unpaired) electrons. The van der Waals surface area contributed by atoms with Gasteiger partial charge in [0.2, 0.25) is 0 Å². The molecule has 0 aromatic heterocycles. The highest BCUT2D eigenvalue weighted by Gasteiger charge is 2.20. The molecular weight excluding hydrogens is 256 g/mol. The van der Waals surface area contributed by atoms with Crippen molar-refractivity contribution < 1.29 is 19.4 Å². The molecule has 1 N–H and O–H groups in total. The predicted molar refractivity (Wildman–Crippen MR) is 74.9 cm³/mol. The fraction of sp³-hybridized carbons (Fsp3) is 0.188. The van der Waals surface area contributed by atoms with Crippen LogP contribution in [-0.2, 0) is 4.79 Å². The van der Waals surface area contributed by atoms with Crippen LogP contribution in [0.25, 0.3) is 0 Å². The molecule has 4 nitrogen and oxygen atoms in total. The van der Waals surface area contributed by atoms with Crippen LogP contribution in [0.15, 0.2) is 54.6 Å². The van der Waals surface area contributed by atoms with Gasteiger partial charge in [-0.25, -0.2) is 4.79 Å². The molecule has 1 unspecified atom stereocenters. The quantitative estimate of drug-likeness (QED) is 0.671. The van der Waals surface area contributed by atoms with E-state index in [4.69, 9.17) is 9.47 Å². The van der Waals surface area contributed by atoms with E-state index in [0.29, 0.717) is 17.9 Å². The second-order valence-electron chi connectivity index (χ2n) is 4.24. The van der Waals surface area contributed by atoms with Crippen LogP contribution in [0.3, 0.4) is 0 Å². The van der Waals surface area contributed by atoms with Gasteiger partial charge in [-0.3, -0.25) is 0 Å². The van der Waals surface area contributed by atoms with Crippen LogP contribution in [0, 0.1) is 0 Å². The van der Waals surface area contributed by atoms with Crippen molar-refractivity contribution in [1.82, 2.24) is 0 Å². The lowest BCUT2D eigenvalue weighted by molar-refractivity contribution is -0.142. The van der Waals surface area contributed by atoms with E-state index in [2.05, 4.69) is 0 Å². The summed E-state index contributed by atoms with van der Waals surface area (Å²) in [6, 6.07) is 15.1. The summed E-state index contributed by atoms with van der Waals surface area (Å²) in [4.78, 5) is 12.0. The predicted octanol–water partition coefficient (Wildman–Crippen LogP) is 3.16. The first-order valence-corrected chi connectivity index (χ1v) is 6.41. The number of phenols is 1. The maximum absolute atomic E-state index is 12.0. The SMILES string of the molecule is CCC(Oc1ccccc1)C(=O)Oc1ccc(O)cc1. The van der Waals surface area contributed by atoms with Gasteiger partial charge < -0.3 is 14.6 Å². The first-order valence-electron chi connectivity index (χ1n) is 6.41. The fourth-order valence-electron chi connectivity index (χ4n) is 1.66. The van der Waals surface area contributed by atoms with Gasteiger partial charge in [-0.1, -0.05) is 25.1 Å². The summed E-state index contributed by atoms with van der Waals surface area (Å²) >= 11 is 0. The van der Waals surface area contributed by atoms with Crippen LogP contribution in [0.2, 0.25) is 0 Å². The van der Waals surface area contributed by atoms with E-state index in [0.717, 1.165) is 0 Å². The third kappa shape index (κ3) is 3.75. The first-order chi connectivity index (χ1) is 9.69. The molecule has 4 heteroatoms. The molecule has 2 aromatic rings. The number of benzene rings is 2. The molecule has 20 heavy (non-hydrogen) atoms. The minimum atomic E-state index is -0.661. The topological polar surface area (TPSA) is 55.8 Å². The minimum Gasteiger partial charge on any atom is -0.508 e. The Balaban J connectivity index is 2.00. The van der Waals surface area contributed by atoms with Gasteiger partial charge in [0.15, 0.2) is 6.10 Å². The summed E-state index contributed by atoms with van der Waals surface area (Å²) in [6.07, 6.45) is -0.155. The summed E-state index contributed by atoms with van der Waals surface area (Å²) in [5.41, 5.74) is 0. The van der Waals surface area contributed by atoms with Crippen molar-refractivity contribution >= 4 is 5.97 Å². The lowest BCUT2D eigenvalue weighted by Gasteiger charge is -2.16. The number of para-hydroxylation sites is 1. The molecule has 0 aliphatic heterocycles. The number of ether oxygens (including phenoxy) is 2. The Morgan fingerprint density at radius 3 is 2.30 bits per heavy atom.